The summed E-state index contributed by atoms with van der Waals surface area (Å²) in [5, 5.41) is 9.26. The molecule has 0 aromatic carbocycles. The third kappa shape index (κ3) is 2.35. The van der Waals surface area contributed by atoms with Crippen molar-refractivity contribution in [1.29, 1.82) is 0 Å². The molecule has 0 aromatic heterocycles. The van der Waals surface area contributed by atoms with Crippen LogP contribution in [0.3, 0.4) is 0 Å². The van der Waals surface area contributed by atoms with Crippen LogP contribution in [0.1, 0.15) is 20.8 Å². The fourth-order valence-corrected chi connectivity index (χ4v) is 0.746. The van der Waals surface area contributed by atoms with Gasteiger partial charge in [-0.3, -0.25) is 4.79 Å². The predicted molar refractivity (Wildman–Crippen MR) is 39.2 cm³/mol. The maximum absolute atomic E-state index is 10.5. The van der Waals surface area contributed by atoms with Crippen LogP contribution in [-0.2, 0) is 4.79 Å². The number of hydrogen-bond acceptors (Lipinski definition) is 2. The summed E-state index contributed by atoms with van der Waals surface area (Å²) in [6.07, 6.45) is -0.613. The van der Waals surface area contributed by atoms with Crippen molar-refractivity contribution in [2.45, 2.75) is 26.9 Å². The molecule has 0 aliphatic rings. The van der Waals surface area contributed by atoms with E-state index in [0.717, 1.165) is 0 Å². The van der Waals surface area contributed by atoms with E-state index in [9.17, 15) is 9.90 Å². The Kier molecular flexibility index (Phi) is 3.36. The molecule has 0 radical (unpaired) electrons. The van der Waals surface area contributed by atoms with Gasteiger partial charge in [0.15, 0.2) is 0 Å². The van der Waals surface area contributed by atoms with Crippen molar-refractivity contribution in [2.24, 2.45) is 17.6 Å². The van der Waals surface area contributed by atoms with Crippen LogP contribution >= 0.6 is 0 Å². The van der Waals surface area contributed by atoms with E-state index in [2.05, 4.69) is 0 Å². The van der Waals surface area contributed by atoms with Crippen LogP contribution < -0.4 is 5.73 Å². The first kappa shape index (κ1) is 9.43. The van der Waals surface area contributed by atoms with Crippen LogP contribution in [0.4, 0.5) is 0 Å². The minimum atomic E-state index is -0.613. The Morgan fingerprint density at radius 2 is 1.80 bits per heavy atom. The van der Waals surface area contributed by atoms with Crippen molar-refractivity contribution in [3.05, 3.63) is 0 Å². The standard InChI is InChI=1S/C7H15NO2/c1-4(2)6(9)5(3)7(8)10/h4-6,9H,1-3H3,(H2,8,10)/t5-,6-/m1/s1. The normalized spacial score (nSPS) is 16.9. The van der Waals surface area contributed by atoms with E-state index >= 15 is 0 Å². The molecule has 3 nitrogen and oxygen atoms in total. The number of carbonyl (C=O) groups excluding carboxylic acids is 1. The molecule has 0 unspecified atom stereocenters. The molecule has 1 amide bonds. The molecular formula is C7H15NO2. The van der Waals surface area contributed by atoms with E-state index in [4.69, 9.17) is 5.73 Å². The maximum Gasteiger partial charge on any atom is 0.222 e. The van der Waals surface area contributed by atoms with Crippen molar-refractivity contribution in [3.63, 3.8) is 0 Å². The summed E-state index contributed by atoms with van der Waals surface area (Å²) in [5.74, 6) is -0.802. The number of hydrogen-bond donors (Lipinski definition) is 2. The lowest BCUT2D eigenvalue weighted by molar-refractivity contribution is -0.125. The largest absolute Gasteiger partial charge is 0.392 e. The van der Waals surface area contributed by atoms with E-state index in [1.807, 2.05) is 13.8 Å². The highest BCUT2D eigenvalue weighted by atomic mass is 16.3. The van der Waals surface area contributed by atoms with Gasteiger partial charge >= 0.3 is 0 Å². The monoisotopic (exact) mass is 145 g/mol. The Labute approximate surface area is 61.2 Å². The molecule has 0 saturated carbocycles. The quantitative estimate of drug-likeness (QED) is 0.592. The van der Waals surface area contributed by atoms with Crippen molar-refractivity contribution in [2.75, 3.05) is 0 Å². The van der Waals surface area contributed by atoms with Gasteiger partial charge in [0, 0.05) is 0 Å². The lowest BCUT2D eigenvalue weighted by Gasteiger charge is -2.18. The zero-order valence-electron chi connectivity index (χ0n) is 6.66. The molecule has 0 bridgehead atoms. The molecule has 0 aromatic rings. The molecule has 3 heteroatoms. The maximum atomic E-state index is 10.5. The molecule has 0 heterocycles. The highest BCUT2D eigenvalue weighted by Gasteiger charge is 2.21. The Balaban J connectivity index is 3.94. The number of carbonyl (C=O) groups is 1. The molecule has 0 fully saturated rings. The van der Waals surface area contributed by atoms with Gasteiger partial charge in [0.1, 0.15) is 0 Å². The van der Waals surface area contributed by atoms with Gasteiger partial charge in [-0.15, -0.1) is 0 Å². The van der Waals surface area contributed by atoms with Gasteiger partial charge in [-0.2, -0.15) is 0 Å². The van der Waals surface area contributed by atoms with Crippen LogP contribution in [0.2, 0.25) is 0 Å². The van der Waals surface area contributed by atoms with Gasteiger partial charge in [-0.05, 0) is 5.92 Å². The van der Waals surface area contributed by atoms with Gasteiger partial charge in [0.2, 0.25) is 5.91 Å². The van der Waals surface area contributed by atoms with E-state index < -0.39 is 17.9 Å². The fraction of sp³-hybridized carbons (Fsp3) is 0.857. The zero-order valence-corrected chi connectivity index (χ0v) is 6.66. The second-order valence-corrected chi connectivity index (χ2v) is 2.93. The molecule has 0 aliphatic heterocycles. The summed E-state index contributed by atoms with van der Waals surface area (Å²) in [6, 6.07) is 0. The lowest BCUT2D eigenvalue weighted by atomic mass is 9.95. The highest BCUT2D eigenvalue weighted by molar-refractivity contribution is 5.76. The molecule has 0 aliphatic carbocycles. The van der Waals surface area contributed by atoms with E-state index in [0.29, 0.717) is 0 Å². The zero-order chi connectivity index (χ0) is 8.31. The molecule has 10 heavy (non-hydrogen) atoms. The summed E-state index contributed by atoms with van der Waals surface area (Å²) in [7, 11) is 0. The number of primary amides is 1. The number of rotatable bonds is 3. The van der Waals surface area contributed by atoms with Crippen molar-refractivity contribution < 1.29 is 9.90 Å². The van der Waals surface area contributed by atoms with E-state index in [-0.39, 0.29) is 5.92 Å². The first-order chi connectivity index (χ1) is 4.46. The van der Waals surface area contributed by atoms with Crippen LogP contribution in [0.25, 0.3) is 0 Å². The third-order valence-electron chi connectivity index (χ3n) is 1.64. The third-order valence-corrected chi connectivity index (χ3v) is 1.64. The summed E-state index contributed by atoms with van der Waals surface area (Å²) in [5.41, 5.74) is 4.98. The average Bonchev–Trinajstić information content (AvgIpc) is 1.84. The van der Waals surface area contributed by atoms with E-state index in [1.54, 1.807) is 6.92 Å². The second kappa shape index (κ2) is 3.56. The number of amides is 1. The summed E-state index contributed by atoms with van der Waals surface area (Å²) >= 11 is 0. The van der Waals surface area contributed by atoms with Gasteiger partial charge in [0.05, 0.1) is 12.0 Å². The van der Waals surface area contributed by atoms with Gasteiger partial charge in [-0.25, -0.2) is 0 Å². The Hall–Kier alpha value is -0.570. The predicted octanol–water partition coefficient (Wildman–Crippen LogP) is 0.125. The first-order valence-corrected chi connectivity index (χ1v) is 3.44. The van der Waals surface area contributed by atoms with Crippen LogP contribution in [-0.4, -0.2) is 17.1 Å². The molecule has 60 valence electrons. The topological polar surface area (TPSA) is 63.3 Å². The average molecular weight is 145 g/mol. The summed E-state index contributed by atoms with van der Waals surface area (Å²) < 4.78 is 0. The Bertz CT molecular complexity index is 123. The van der Waals surface area contributed by atoms with Crippen LogP contribution in [0.5, 0.6) is 0 Å². The molecular weight excluding hydrogens is 130 g/mol. The highest BCUT2D eigenvalue weighted by Crippen LogP contribution is 2.10. The minimum absolute atomic E-state index is 0.0856. The Morgan fingerprint density at radius 3 is 1.90 bits per heavy atom. The minimum Gasteiger partial charge on any atom is -0.392 e. The molecule has 0 spiro atoms. The summed E-state index contributed by atoms with van der Waals surface area (Å²) in [4.78, 5) is 10.5. The lowest BCUT2D eigenvalue weighted by Crippen LogP contribution is -2.34. The van der Waals surface area contributed by atoms with Gasteiger partial charge < -0.3 is 10.8 Å². The van der Waals surface area contributed by atoms with E-state index in [1.165, 1.54) is 0 Å². The van der Waals surface area contributed by atoms with Gasteiger partial charge in [-0.1, -0.05) is 20.8 Å². The van der Waals surface area contributed by atoms with Crippen molar-refractivity contribution in [3.8, 4) is 0 Å². The van der Waals surface area contributed by atoms with Gasteiger partial charge in [0.25, 0.3) is 0 Å². The molecule has 0 rings (SSSR count). The molecule has 3 N–H and O–H groups in total. The van der Waals surface area contributed by atoms with Crippen molar-refractivity contribution >= 4 is 5.91 Å². The first-order valence-electron chi connectivity index (χ1n) is 3.44. The number of aliphatic hydroxyl groups is 1. The Morgan fingerprint density at radius 1 is 1.40 bits per heavy atom. The number of aliphatic hydroxyl groups excluding tert-OH is 1. The van der Waals surface area contributed by atoms with Crippen molar-refractivity contribution in [1.82, 2.24) is 0 Å². The smallest absolute Gasteiger partial charge is 0.222 e. The number of nitrogens with two attached hydrogens (primary N) is 1. The van der Waals surface area contributed by atoms with Crippen LogP contribution in [0, 0.1) is 11.8 Å². The second-order valence-electron chi connectivity index (χ2n) is 2.93. The molecule has 2 atom stereocenters. The van der Waals surface area contributed by atoms with Crippen LogP contribution in [0.15, 0.2) is 0 Å². The summed E-state index contributed by atoms with van der Waals surface area (Å²) in [6.45, 7) is 5.33. The molecule has 0 saturated heterocycles. The SMILES string of the molecule is CC(C)[C@@H](O)[C@@H](C)C(N)=O. The fourth-order valence-electron chi connectivity index (χ4n) is 0.746.